The van der Waals surface area contributed by atoms with E-state index in [4.69, 9.17) is 9.47 Å². The number of methoxy groups -OCH3 is 2. The van der Waals surface area contributed by atoms with Crippen LogP contribution in [0.5, 0.6) is 11.5 Å². The van der Waals surface area contributed by atoms with E-state index in [1.165, 1.54) is 0 Å². The second kappa shape index (κ2) is 9.26. The monoisotopic (exact) mass is 444 g/mol. The molecule has 1 aliphatic rings. The van der Waals surface area contributed by atoms with Crippen molar-refractivity contribution in [1.29, 1.82) is 0 Å². The molecule has 3 aromatic rings. The summed E-state index contributed by atoms with van der Waals surface area (Å²) in [6.45, 7) is 0.599. The molecule has 0 spiro atoms. The van der Waals surface area contributed by atoms with E-state index in [0.717, 1.165) is 5.56 Å². The lowest BCUT2D eigenvalue weighted by Gasteiger charge is -2.21. The second-order valence-corrected chi connectivity index (χ2v) is 7.84. The van der Waals surface area contributed by atoms with Crippen LogP contribution in [0.1, 0.15) is 37.4 Å². The van der Waals surface area contributed by atoms with Crippen LogP contribution in [0.3, 0.4) is 0 Å². The number of carbonyl (C=O) groups excluding carboxylic acids is 3. The molecule has 3 aromatic carbocycles. The fourth-order valence-electron chi connectivity index (χ4n) is 4.03. The molecule has 7 heteroatoms. The van der Waals surface area contributed by atoms with Crippen molar-refractivity contribution < 1.29 is 23.9 Å². The van der Waals surface area contributed by atoms with Crippen LogP contribution in [0.4, 0.5) is 5.69 Å². The maximum absolute atomic E-state index is 13.1. The van der Waals surface area contributed by atoms with Gasteiger partial charge in [0.15, 0.2) is 23.1 Å². The van der Waals surface area contributed by atoms with Gasteiger partial charge in [0.2, 0.25) is 5.91 Å². The Morgan fingerprint density at radius 1 is 0.848 bits per heavy atom. The fraction of sp³-hybridized carbons (Fsp3) is 0.192. The first kappa shape index (κ1) is 22.2. The standard InChI is InChI=1S/C26H24N2O5/c1-28(14-16-11-12-21(32-2)22(13-16)33-3)15-23(29)27-20-10-6-9-19-24(20)26(31)18-8-5-4-7-17(18)25(19)30/h4-13H,14-15H2,1-3H3,(H,27,29). The van der Waals surface area contributed by atoms with E-state index in [0.29, 0.717) is 40.4 Å². The van der Waals surface area contributed by atoms with Crippen molar-refractivity contribution in [2.24, 2.45) is 0 Å². The molecule has 0 unspecified atom stereocenters. The van der Waals surface area contributed by atoms with Gasteiger partial charge in [-0.15, -0.1) is 0 Å². The van der Waals surface area contributed by atoms with Crippen molar-refractivity contribution in [3.05, 3.63) is 88.5 Å². The molecule has 0 aromatic heterocycles. The quantitative estimate of drug-likeness (QED) is 0.469. The lowest BCUT2D eigenvalue weighted by Crippen LogP contribution is -2.31. The number of nitrogens with zero attached hydrogens (tertiary/aromatic N) is 1. The van der Waals surface area contributed by atoms with Gasteiger partial charge in [-0.05, 0) is 30.8 Å². The van der Waals surface area contributed by atoms with Gasteiger partial charge in [-0.3, -0.25) is 19.3 Å². The Morgan fingerprint density at radius 2 is 1.52 bits per heavy atom. The van der Waals surface area contributed by atoms with Crippen molar-refractivity contribution in [1.82, 2.24) is 4.90 Å². The molecule has 0 saturated carbocycles. The van der Waals surface area contributed by atoms with Crippen LogP contribution in [0.2, 0.25) is 0 Å². The zero-order chi connectivity index (χ0) is 23.5. The minimum atomic E-state index is -0.287. The molecular weight excluding hydrogens is 420 g/mol. The molecule has 0 radical (unpaired) electrons. The van der Waals surface area contributed by atoms with Gasteiger partial charge in [0.05, 0.1) is 32.0 Å². The SMILES string of the molecule is COc1ccc(CN(C)CC(=O)Nc2cccc3c2C(=O)c2ccccc2C3=O)cc1OC. The van der Waals surface area contributed by atoms with Crippen LogP contribution in [-0.4, -0.2) is 50.2 Å². The van der Waals surface area contributed by atoms with Crippen LogP contribution < -0.4 is 14.8 Å². The Kier molecular flexibility index (Phi) is 6.24. The van der Waals surface area contributed by atoms with Crippen LogP contribution in [0, 0.1) is 0 Å². The van der Waals surface area contributed by atoms with Gasteiger partial charge in [0, 0.05) is 23.2 Å². The maximum atomic E-state index is 13.1. The molecule has 1 amide bonds. The zero-order valence-corrected chi connectivity index (χ0v) is 18.7. The molecular formula is C26H24N2O5. The Balaban J connectivity index is 1.49. The normalized spacial score (nSPS) is 12.2. The summed E-state index contributed by atoms with van der Waals surface area (Å²) in [6, 6.07) is 17.2. The number of rotatable bonds is 7. The number of hydrogen-bond acceptors (Lipinski definition) is 6. The number of fused-ring (bicyclic) bond motifs is 2. The lowest BCUT2D eigenvalue weighted by molar-refractivity contribution is -0.117. The number of hydrogen-bond donors (Lipinski definition) is 1. The fourth-order valence-corrected chi connectivity index (χ4v) is 4.03. The number of benzene rings is 3. The Morgan fingerprint density at radius 3 is 2.21 bits per heavy atom. The van der Waals surface area contributed by atoms with E-state index < -0.39 is 0 Å². The highest BCUT2D eigenvalue weighted by atomic mass is 16.5. The van der Waals surface area contributed by atoms with E-state index in [1.807, 2.05) is 30.1 Å². The third-order valence-electron chi connectivity index (χ3n) is 5.54. The molecule has 0 fully saturated rings. The smallest absolute Gasteiger partial charge is 0.238 e. The summed E-state index contributed by atoms with van der Waals surface area (Å²) in [5.74, 6) is 0.477. The van der Waals surface area contributed by atoms with Gasteiger partial charge in [0.25, 0.3) is 0 Å². The first-order valence-corrected chi connectivity index (χ1v) is 10.4. The molecule has 33 heavy (non-hydrogen) atoms. The number of anilines is 1. The van der Waals surface area contributed by atoms with Gasteiger partial charge in [-0.25, -0.2) is 0 Å². The molecule has 0 saturated heterocycles. The van der Waals surface area contributed by atoms with Crippen LogP contribution in [0.15, 0.2) is 60.7 Å². The number of ketones is 2. The number of carbonyl (C=O) groups is 3. The van der Waals surface area contributed by atoms with E-state index >= 15 is 0 Å². The molecule has 7 nitrogen and oxygen atoms in total. The third kappa shape index (κ3) is 4.36. The Labute approximate surface area is 191 Å². The summed E-state index contributed by atoms with van der Waals surface area (Å²) in [5, 5.41) is 2.81. The number of nitrogens with one attached hydrogen (secondary N) is 1. The summed E-state index contributed by atoms with van der Waals surface area (Å²) in [6.07, 6.45) is 0. The molecule has 0 heterocycles. The summed E-state index contributed by atoms with van der Waals surface area (Å²) >= 11 is 0. The predicted molar refractivity (Wildman–Crippen MR) is 124 cm³/mol. The Hall–Kier alpha value is -3.97. The van der Waals surface area contributed by atoms with Crippen LogP contribution in [-0.2, 0) is 11.3 Å². The van der Waals surface area contributed by atoms with E-state index in [1.54, 1.807) is 56.7 Å². The zero-order valence-electron chi connectivity index (χ0n) is 18.7. The minimum absolute atomic E-state index is 0.0940. The van der Waals surface area contributed by atoms with Gasteiger partial charge >= 0.3 is 0 Å². The molecule has 4 rings (SSSR count). The van der Waals surface area contributed by atoms with Crippen molar-refractivity contribution in [3.8, 4) is 11.5 Å². The van der Waals surface area contributed by atoms with Gasteiger partial charge in [0.1, 0.15) is 0 Å². The lowest BCUT2D eigenvalue weighted by atomic mass is 9.83. The van der Waals surface area contributed by atoms with Gasteiger partial charge in [-0.2, -0.15) is 0 Å². The number of likely N-dealkylation sites (N-methyl/N-ethyl adjacent to an activating group) is 1. The van der Waals surface area contributed by atoms with Gasteiger partial charge in [-0.1, -0.05) is 42.5 Å². The second-order valence-electron chi connectivity index (χ2n) is 7.84. The number of ether oxygens (including phenoxy) is 2. The summed E-state index contributed by atoms with van der Waals surface area (Å²) in [4.78, 5) is 40.6. The van der Waals surface area contributed by atoms with E-state index in [2.05, 4.69) is 5.32 Å². The minimum Gasteiger partial charge on any atom is -0.493 e. The largest absolute Gasteiger partial charge is 0.493 e. The number of amides is 1. The van der Waals surface area contributed by atoms with Crippen LogP contribution >= 0.6 is 0 Å². The Bertz CT molecular complexity index is 1250. The molecule has 0 aliphatic heterocycles. The highest BCUT2D eigenvalue weighted by molar-refractivity contribution is 6.30. The predicted octanol–water partition coefficient (Wildman–Crippen LogP) is 3.55. The van der Waals surface area contributed by atoms with Gasteiger partial charge < -0.3 is 14.8 Å². The average molecular weight is 444 g/mol. The maximum Gasteiger partial charge on any atom is 0.238 e. The van der Waals surface area contributed by atoms with Crippen molar-refractivity contribution in [2.75, 3.05) is 33.1 Å². The van der Waals surface area contributed by atoms with Crippen LogP contribution in [0.25, 0.3) is 0 Å². The third-order valence-corrected chi connectivity index (χ3v) is 5.54. The highest BCUT2D eigenvalue weighted by Crippen LogP contribution is 2.32. The molecule has 168 valence electrons. The summed E-state index contributed by atoms with van der Waals surface area (Å²) in [5.41, 5.74) is 2.56. The van der Waals surface area contributed by atoms with E-state index in [-0.39, 0.29) is 29.6 Å². The molecule has 0 atom stereocenters. The summed E-state index contributed by atoms with van der Waals surface area (Å²) < 4.78 is 10.6. The molecule has 1 aliphatic carbocycles. The van der Waals surface area contributed by atoms with Crippen molar-refractivity contribution in [3.63, 3.8) is 0 Å². The molecule has 0 bridgehead atoms. The topological polar surface area (TPSA) is 84.9 Å². The molecule has 1 N–H and O–H groups in total. The first-order valence-electron chi connectivity index (χ1n) is 10.4. The van der Waals surface area contributed by atoms with E-state index in [9.17, 15) is 14.4 Å². The van der Waals surface area contributed by atoms with Crippen molar-refractivity contribution >= 4 is 23.2 Å². The highest BCUT2D eigenvalue weighted by Gasteiger charge is 2.31. The first-order chi connectivity index (χ1) is 15.9. The average Bonchev–Trinajstić information content (AvgIpc) is 2.82. The van der Waals surface area contributed by atoms with Crippen molar-refractivity contribution in [2.45, 2.75) is 6.54 Å². The summed E-state index contributed by atoms with van der Waals surface area (Å²) in [7, 11) is 4.97.